The lowest BCUT2D eigenvalue weighted by molar-refractivity contribution is 0.0786. The summed E-state index contributed by atoms with van der Waals surface area (Å²) in [7, 11) is 0. The zero-order valence-corrected chi connectivity index (χ0v) is 16.4. The van der Waals surface area contributed by atoms with Crippen LogP contribution in [0.3, 0.4) is 0 Å². The number of nitrogens with zero attached hydrogens (tertiary/aromatic N) is 3. The van der Waals surface area contributed by atoms with Crippen LogP contribution in [-0.4, -0.2) is 40.2 Å². The number of halogens is 2. The zero-order valence-electron chi connectivity index (χ0n) is 14.8. The minimum Gasteiger partial charge on any atom is -0.338 e. The molecule has 0 spiro atoms. The normalized spacial score (nSPS) is 19.5. The molecule has 1 aliphatic carbocycles. The fourth-order valence-electron chi connectivity index (χ4n) is 3.57. The molecule has 4 rings (SSSR count). The number of amides is 1. The Hall–Kier alpha value is -1.56. The SMILES string of the molecule is Cc1ccc(-n2ncc(C(=O)N3CCC(CN)C3)c2C2CC2)cc1Cl.Cl. The molecule has 140 valence electrons. The Morgan fingerprint density at radius 3 is 2.73 bits per heavy atom. The molecule has 1 aromatic carbocycles. The van der Waals surface area contributed by atoms with Crippen molar-refractivity contribution in [2.45, 2.75) is 32.1 Å². The van der Waals surface area contributed by atoms with E-state index >= 15 is 0 Å². The molecule has 0 radical (unpaired) electrons. The van der Waals surface area contributed by atoms with Crippen LogP contribution in [0.2, 0.25) is 5.02 Å². The summed E-state index contributed by atoms with van der Waals surface area (Å²) in [5.41, 5.74) is 9.47. The molecule has 2 aromatic rings. The van der Waals surface area contributed by atoms with Crippen LogP contribution in [0.5, 0.6) is 0 Å². The van der Waals surface area contributed by atoms with E-state index in [-0.39, 0.29) is 18.3 Å². The topological polar surface area (TPSA) is 64.2 Å². The molecule has 5 nitrogen and oxygen atoms in total. The fourth-order valence-corrected chi connectivity index (χ4v) is 3.75. The van der Waals surface area contributed by atoms with Crippen LogP contribution in [0.1, 0.15) is 46.8 Å². The van der Waals surface area contributed by atoms with E-state index in [9.17, 15) is 4.79 Å². The number of aryl methyl sites for hydroxylation is 1. The summed E-state index contributed by atoms with van der Waals surface area (Å²) < 4.78 is 1.90. The number of carbonyl (C=O) groups is 1. The number of nitrogens with two attached hydrogens (primary N) is 1. The highest BCUT2D eigenvalue weighted by Crippen LogP contribution is 2.43. The monoisotopic (exact) mass is 394 g/mol. The Kier molecular flexibility index (Phi) is 5.61. The van der Waals surface area contributed by atoms with Gasteiger partial charge in [-0.2, -0.15) is 5.10 Å². The zero-order chi connectivity index (χ0) is 17.6. The summed E-state index contributed by atoms with van der Waals surface area (Å²) in [6, 6.07) is 5.92. The molecule has 0 bridgehead atoms. The molecule has 7 heteroatoms. The Morgan fingerprint density at radius 1 is 1.35 bits per heavy atom. The number of benzene rings is 1. The van der Waals surface area contributed by atoms with Crippen molar-refractivity contribution in [1.82, 2.24) is 14.7 Å². The van der Waals surface area contributed by atoms with Crippen molar-refractivity contribution in [1.29, 1.82) is 0 Å². The van der Waals surface area contributed by atoms with E-state index < -0.39 is 0 Å². The lowest BCUT2D eigenvalue weighted by atomic mass is 10.1. The van der Waals surface area contributed by atoms with Crippen LogP contribution in [0.15, 0.2) is 24.4 Å². The molecular weight excluding hydrogens is 371 g/mol. The summed E-state index contributed by atoms with van der Waals surface area (Å²) in [6.45, 7) is 4.15. The first-order valence-electron chi connectivity index (χ1n) is 8.92. The number of hydrogen-bond acceptors (Lipinski definition) is 3. The molecule has 2 fully saturated rings. The molecule has 1 saturated heterocycles. The van der Waals surface area contributed by atoms with E-state index in [4.69, 9.17) is 17.3 Å². The highest BCUT2D eigenvalue weighted by atomic mass is 35.5. The first-order chi connectivity index (χ1) is 12.1. The van der Waals surface area contributed by atoms with Gasteiger partial charge in [-0.15, -0.1) is 12.4 Å². The van der Waals surface area contributed by atoms with Crippen molar-refractivity contribution in [2.24, 2.45) is 11.7 Å². The van der Waals surface area contributed by atoms with Crippen molar-refractivity contribution in [2.75, 3.05) is 19.6 Å². The van der Waals surface area contributed by atoms with Crippen LogP contribution < -0.4 is 5.73 Å². The number of hydrogen-bond donors (Lipinski definition) is 1. The number of likely N-dealkylation sites (tertiary alicyclic amines) is 1. The Balaban J connectivity index is 0.00000196. The number of rotatable bonds is 4. The van der Waals surface area contributed by atoms with Gasteiger partial charge in [0.25, 0.3) is 5.91 Å². The van der Waals surface area contributed by atoms with E-state index in [1.807, 2.05) is 34.7 Å². The van der Waals surface area contributed by atoms with E-state index in [1.165, 1.54) is 0 Å². The van der Waals surface area contributed by atoms with Gasteiger partial charge in [-0.3, -0.25) is 4.79 Å². The van der Waals surface area contributed by atoms with Crippen molar-refractivity contribution in [3.63, 3.8) is 0 Å². The first kappa shape index (κ1) is 19.2. The summed E-state index contributed by atoms with van der Waals surface area (Å²) in [4.78, 5) is 15.0. The average molecular weight is 395 g/mol. The lowest BCUT2D eigenvalue weighted by Gasteiger charge is -2.17. The number of carbonyl (C=O) groups excluding carboxylic acids is 1. The van der Waals surface area contributed by atoms with Crippen molar-refractivity contribution < 1.29 is 4.79 Å². The predicted molar refractivity (Wildman–Crippen MR) is 106 cm³/mol. The maximum absolute atomic E-state index is 13.0. The third-order valence-corrected chi connectivity index (χ3v) is 5.71. The van der Waals surface area contributed by atoms with Gasteiger partial charge in [-0.1, -0.05) is 17.7 Å². The van der Waals surface area contributed by atoms with Crippen LogP contribution >= 0.6 is 24.0 Å². The fraction of sp³-hybridized carbons (Fsp3) is 0.474. The van der Waals surface area contributed by atoms with E-state index in [1.54, 1.807) is 6.20 Å². The molecule has 26 heavy (non-hydrogen) atoms. The molecule has 1 unspecified atom stereocenters. The van der Waals surface area contributed by atoms with Gasteiger partial charge in [-0.25, -0.2) is 4.68 Å². The van der Waals surface area contributed by atoms with Gasteiger partial charge < -0.3 is 10.6 Å². The smallest absolute Gasteiger partial charge is 0.257 e. The summed E-state index contributed by atoms with van der Waals surface area (Å²) in [5.74, 6) is 0.913. The third-order valence-electron chi connectivity index (χ3n) is 5.31. The molecule has 2 N–H and O–H groups in total. The van der Waals surface area contributed by atoms with Crippen LogP contribution in [-0.2, 0) is 0 Å². The van der Waals surface area contributed by atoms with Gasteiger partial charge in [0, 0.05) is 24.0 Å². The van der Waals surface area contributed by atoms with Gasteiger partial charge in [0.05, 0.1) is 23.1 Å². The first-order valence-corrected chi connectivity index (χ1v) is 9.30. The lowest BCUT2D eigenvalue weighted by Crippen LogP contribution is -2.30. The van der Waals surface area contributed by atoms with Crippen LogP contribution in [0.25, 0.3) is 5.69 Å². The molecule has 2 aliphatic rings. The Bertz CT molecular complexity index is 816. The van der Waals surface area contributed by atoms with E-state index in [0.717, 1.165) is 54.9 Å². The van der Waals surface area contributed by atoms with E-state index in [2.05, 4.69) is 5.10 Å². The van der Waals surface area contributed by atoms with Gasteiger partial charge >= 0.3 is 0 Å². The van der Waals surface area contributed by atoms with E-state index in [0.29, 0.717) is 23.4 Å². The maximum Gasteiger partial charge on any atom is 0.257 e. The maximum atomic E-state index is 13.0. The summed E-state index contributed by atoms with van der Waals surface area (Å²) in [5, 5.41) is 5.25. The molecule has 1 aliphatic heterocycles. The highest BCUT2D eigenvalue weighted by Gasteiger charge is 2.35. The minimum absolute atomic E-state index is 0. The molecule has 1 aromatic heterocycles. The van der Waals surface area contributed by atoms with Crippen molar-refractivity contribution >= 4 is 29.9 Å². The molecule has 1 amide bonds. The molecular formula is C19H24Cl2N4O. The van der Waals surface area contributed by atoms with Gasteiger partial charge in [0.15, 0.2) is 0 Å². The summed E-state index contributed by atoms with van der Waals surface area (Å²) >= 11 is 6.29. The molecule has 1 saturated carbocycles. The number of aromatic nitrogens is 2. The van der Waals surface area contributed by atoms with Gasteiger partial charge in [0.1, 0.15) is 0 Å². The second-order valence-electron chi connectivity index (χ2n) is 7.20. The standard InChI is InChI=1S/C19H23ClN4O.ClH/c1-12-2-5-15(8-17(12)20)24-18(14-3-4-14)16(10-22-24)19(25)23-7-6-13(9-21)11-23;/h2,5,8,10,13-14H,3-4,6-7,9,11,21H2,1H3;1H. The summed E-state index contributed by atoms with van der Waals surface area (Å²) in [6.07, 6.45) is 4.93. The second-order valence-corrected chi connectivity index (χ2v) is 7.61. The Labute approximate surface area is 164 Å². The third kappa shape index (κ3) is 3.48. The van der Waals surface area contributed by atoms with Gasteiger partial charge in [0.2, 0.25) is 0 Å². The molecule has 1 atom stereocenters. The molecule has 2 heterocycles. The van der Waals surface area contributed by atoms with Crippen LogP contribution in [0, 0.1) is 12.8 Å². The second kappa shape index (κ2) is 7.59. The van der Waals surface area contributed by atoms with Crippen LogP contribution in [0.4, 0.5) is 0 Å². The largest absolute Gasteiger partial charge is 0.338 e. The van der Waals surface area contributed by atoms with Crippen molar-refractivity contribution in [3.05, 3.63) is 46.2 Å². The van der Waals surface area contributed by atoms with Crippen molar-refractivity contribution in [3.8, 4) is 5.69 Å². The van der Waals surface area contributed by atoms with Gasteiger partial charge in [-0.05, 0) is 56.3 Å². The quantitative estimate of drug-likeness (QED) is 0.861. The Morgan fingerprint density at radius 2 is 2.12 bits per heavy atom. The highest BCUT2D eigenvalue weighted by molar-refractivity contribution is 6.31. The minimum atomic E-state index is 0. The average Bonchev–Trinajstić information content (AvgIpc) is 3.18. The predicted octanol–water partition coefficient (Wildman–Crippen LogP) is 3.55.